The monoisotopic (exact) mass is 425 g/mol. The topological polar surface area (TPSA) is 53.0 Å². The van der Waals surface area contributed by atoms with Gasteiger partial charge in [0.05, 0.1) is 16.2 Å². The van der Waals surface area contributed by atoms with Crippen LogP contribution in [0.2, 0.25) is 5.02 Å². The highest BCUT2D eigenvalue weighted by Crippen LogP contribution is 2.44. The van der Waals surface area contributed by atoms with E-state index in [4.69, 9.17) is 11.6 Å². The van der Waals surface area contributed by atoms with Gasteiger partial charge >= 0.3 is 0 Å². The van der Waals surface area contributed by atoms with Crippen molar-refractivity contribution in [2.75, 3.05) is 23.4 Å². The van der Waals surface area contributed by atoms with Crippen LogP contribution in [0.15, 0.2) is 58.4 Å². The van der Waals surface area contributed by atoms with E-state index in [0.717, 1.165) is 29.8 Å². The molecule has 0 saturated carbocycles. The molecule has 2 amide bonds. The maximum Gasteiger partial charge on any atom is 0.287 e. The van der Waals surface area contributed by atoms with Crippen molar-refractivity contribution >= 4 is 57.3 Å². The standard InChI is InChI=1S/C22H20ClN3O2S/c1-3-4-13-26-17-8-6-5-7-16(17)18(21(26)28)19-20(27)24-22(29-19)25(2)15-11-9-14(23)10-12-15/h5-12H,3-4,13H2,1-2H3. The number of rotatable bonds is 4. The summed E-state index contributed by atoms with van der Waals surface area (Å²) in [5, 5.41) is 1.18. The van der Waals surface area contributed by atoms with Gasteiger partial charge in [0.25, 0.3) is 11.8 Å². The van der Waals surface area contributed by atoms with Gasteiger partial charge in [0.1, 0.15) is 0 Å². The van der Waals surface area contributed by atoms with Crippen molar-refractivity contribution in [1.29, 1.82) is 0 Å². The summed E-state index contributed by atoms with van der Waals surface area (Å²) < 4.78 is 0. The van der Waals surface area contributed by atoms with E-state index in [2.05, 4.69) is 11.9 Å². The van der Waals surface area contributed by atoms with Crippen LogP contribution in [0.1, 0.15) is 25.3 Å². The van der Waals surface area contributed by atoms with E-state index < -0.39 is 0 Å². The molecule has 2 aromatic carbocycles. The summed E-state index contributed by atoms with van der Waals surface area (Å²) in [5.41, 5.74) is 2.98. The van der Waals surface area contributed by atoms with Crippen molar-refractivity contribution in [1.82, 2.24) is 0 Å². The van der Waals surface area contributed by atoms with E-state index in [9.17, 15) is 9.59 Å². The first-order valence-corrected chi connectivity index (χ1v) is 10.7. The second-order valence-electron chi connectivity index (χ2n) is 6.87. The van der Waals surface area contributed by atoms with E-state index in [0.29, 0.717) is 27.2 Å². The lowest BCUT2D eigenvalue weighted by atomic mass is 10.1. The lowest BCUT2D eigenvalue weighted by Gasteiger charge is -2.18. The molecule has 2 heterocycles. The van der Waals surface area contributed by atoms with Gasteiger partial charge in [-0.25, -0.2) is 0 Å². The van der Waals surface area contributed by atoms with E-state index in [-0.39, 0.29) is 11.8 Å². The zero-order chi connectivity index (χ0) is 20.5. The number of para-hydroxylation sites is 1. The third kappa shape index (κ3) is 3.58. The highest BCUT2D eigenvalue weighted by atomic mass is 35.5. The van der Waals surface area contributed by atoms with Gasteiger partial charge in [-0.3, -0.25) is 9.59 Å². The second kappa shape index (κ2) is 8.05. The molecule has 2 aromatic rings. The Morgan fingerprint density at radius 2 is 1.83 bits per heavy atom. The van der Waals surface area contributed by atoms with Crippen LogP contribution in [0.4, 0.5) is 11.4 Å². The molecule has 148 valence electrons. The predicted molar refractivity (Wildman–Crippen MR) is 121 cm³/mol. The fraction of sp³-hybridized carbons (Fsp3) is 0.227. The van der Waals surface area contributed by atoms with Crippen LogP contribution < -0.4 is 9.80 Å². The Morgan fingerprint density at radius 1 is 1.10 bits per heavy atom. The summed E-state index contributed by atoms with van der Waals surface area (Å²) in [7, 11) is 1.84. The minimum atomic E-state index is -0.374. The first-order chi connectivity index (χ1) is 14.0. The molecule has 0 N–H and O–H groups in total. The molecular formula is C22H20ClN3O2S. The van der Waals surface area contributed by atoms with E-state index >= 15 is 0 Å². The summed E-state index contributed by atoms with van der Waals surface area (Å²) in [6.45, 7) is 2.73. The maximum absolute atomic E-state index is 13.2. The van der Waals surface area contributed by atoms with Crippen LogP contribution in [0, 0.1) is 0 Å². The molecule has 5 nitrogen and oxygen atoms in total. The Hall–Kier alpha value is -2.57. The zero-order valence-corrected chi connectivity index (χ0v) is 17.8. The van der Waals surface area contributed by atoms with Gasteiger partial charge in [0, 0.05) is 29.9 Å². The summed E-state index contributed by atoms with van der Waals surface area (Å²) in [5.74, 6) is -0.498. The summed E-state index contributed by atoms with van der Waals surface area (Å²) in [4.78, 5) is 34.2. The number of carbonyl (C=O) groups is 2. The molecule has 2 aliphatic rings. The molecule has 0 fully saturated rings. The van der Waals surface area contributed by atoms with Crippen molar-refractivity contribution in [2.24, 2.45) is 4.99 Å². The Kier molecular flexibility index (Phi) is 5.48. The van der Waals surface area contributed by atoms with Gasteiger partial charge in [0.2, 0.25) is 0 Å². The van der Waals surface area contributed by atoms with Crippen LogP contribution in [0.25, 0.3) is 5.57 Å². The summed E-state index contributed by atoms with van der Waals surface area (Å²) in [6.07, 6.45) is 1.90. The molecule has 0 radical (unpaired) electrons. The Labute approximate surface area is 179 Å². The maximum atomic E-state index is 13.2. The molecule has 29 heavy (non-hydrogen) atoms. The summed E-state index contributed by atoms with van der Waals surface area (Å²) in [6, 6.07) is 14.9. The molecule has 4 rings (SSSR count). The average Bonchev–Trinajstić information content (AvgIpc) is 3.23. The summed E-state index contributed by atoms with van der Waals surface area (Å²) >= 11 is 7.21. The number of nitrogens with zero attached hydrogens (tertiary/aromatic N) is 3. The molecular weight excluding hydrogens is 406 g/mol. The number of carbonyl (C=O) groups excluding carboxylic acids is 2. The highest BCUT2D eigenvalue weighted by Gasteiger charge is 2.39. The second-order valence-corrected chi connectivity index (χ2v) is 8.28. The predicted octanol–water partition coefficient (Wildman–Crippen LogP) is 4.96. The molecule has 0 aliphatic carbocycles. The van der Waals surface area contributed by atoms with Gasteiger partial charge in [-0.2, -0.15) is 4.99 Å². The van der Waals surface area contributed by atoms with Gasteiger partial charge in [-0.15, -0.1) is 0 Å². The number of halogens is 1. The number of hydrogen-bond acceptors (Lipinski definition) is 4. The zero-order valence-electron chi connectivity index (χ0n) is 16.2. The van der Waals surface area contributed by atoms with Crippen LogP contribution >= 0.6 is 23.4 Å². The first kappa shape index (κ1) is 19.7. The Morgan fingerprint density at radius 3 is 2.55 bits per heavy atom. The van der Waals surface area contributed by atoms with Crippen molar-refractivity contribution < 1.29 is 9.59 Å². The Bertz CT molecular complexity index is 1050. The third-order valence-electron chi connectivity index (χ3n) is 4.97. The van der Waals surface area contributed by atoms with Crippen LogP contribution in [-0.2, 0) is 9.59 Å². The molecule has 0 aromatic heterocycles. The quantitative estimate of drug-likeness (QED) is 0.649. The normalized spacial score (nSPS) is 18.3. The Balaban J connectivity index is 1.68. The minimum Gasteiger partial charge on any atom is -0.324 e. The average molecular weight is 426 g/mol. The number of benzene rings is 2. The van der Waals surface area contributed by atoms with Crippen LogP contribution in [0.5, 0.6) is 0 Å². The fourth-order valence-corrected chi connectivity index (χ4v) is 4.52. The molecule has 7 heteroatoms. The SMILES string of the molecule is CCCCN1C(=O)C(=C2SC(N(C)c3ccc(Cl)cc3)=NC2=O)c2ccccc21. The molecule has 0 spiro atoms. The number of hydrogen-bond donors (Lipinski definition) is 0. The number of amidine groups is 1. The van der Waals surface area contributed by atoms with Crippen molar-refractivity contribution in [3.05, 3.63) is 64.0 Å². The van der Waals surface area contributed by atoms with E-state index in [1.807, 2.05) is 48.3 Å². The highest BCUT2D eigenvalue weighted by molar-refractivity contribution is 8.19. The minimum absolute atomic E-state index is 0.124. The van der Waals surface area contributed by atoms with Crippen molar-refractivity contribution in [3.8, 4) is 0 Å². The largest absolute Gasteiger partial charge is 0.324 e. The number of unbranched alkanes of at least 4 members (excludes halogenated alkanes) is 1. The van der Waals surface area contributed by atoms with Crippen LogP contribution in [0.3, 0.4) is 0 Å². The van der Waals surface area contributed by atoms with Crippen molar-refractivity contribution in [2.45, 2.75) is 19.8 Å². The fourth-order valence-electron chi connectivity index (χ4n) is 3.41. The lowest BCUT2D eigenvalue weighted by Crippen LogP contribution is -2.27. The molecule has 0 bridgehead atoms. The molecule has 0 saturated heterocycles. The van der Waals surface area contributed by atoms with Crippen LogP contribution in [-0.4, -0.2) is 30.6 Å². The number of anilines is 2. The van der Waals surface area contributed by atoms with E-state index in [1.165, 1.54) is 11.8 Å². The number of fused-ring (bicyclic) bond motifs is 1. The first-order valence-electron chi connectivity index (χ1n) is 9.47. The van der Waals surface area contributed by atoms with E-state index in [1.54, 1.807) is 17.0 Å². The number of thioether (sulfide) groups is 1. The molecule has 2 aliphatic heterocycles. The van der Waals surface area contributed by atoms with Crippen molar-refractivity contribution in [3.63, 3.8) is 0 Å². The smallest absolute Gasteiger partial charge is 0.287 e. The van der Waals surface area contributed by atoms with Gasteiger partial charge in [0.15, 0.2) is 5.17 Å². The number of amides is 2. The number of aliphatic imine (C=N–C) groups is 1. The van der Waals surface area contributed by atoms with Gasteiger partial charge in [-0.05, 0) is 48.5 Å². The lowest BCUT2D eigenvalue weighted by molar-refractivity contribution is -0.115. The van der Waals surface area contributed by atoms with Gasteiger partial charge in [-0.1, -0.05) is 43.1 Å². The molecule has 0 atom stereocenters. The van der Waals surface area contributed by atoms with Gasteiger partial charge < -0.3 is 9.80 Å². The molecule has 0 unspecified atom stereocenters. The third-order valence-corrected chi connectivity index (χ3v) is 6.35.